The van der Waals surface area contributed by atoms with Gasteiger partial charge in [-0.1, -0.05) is 0 Å². The molecule has 7 nitrogen and oxygen atoms in total. The molecule has 3 rings (SSSR count). The quantitative estimate of drug-likeness (QED) is 0.169. The predicted octanol–water partition coefficient (Wildman–Crippen LogP) is 5.00. The molecule has 0 spiro atoms. The summed E-state index contributed by atoms with van der Waals surface area (Å²) in [7, 11) is 0. The number of ether oxygens (including phenoxy) is 2. The summed E-state index contributed by atoms with van der Waals surface area (Å²) < 4.78 is 19.8. The molecule has 2 aromatic carbocycles. The normalized spacial score (nSPS) is 14.7. The molecule has 1 aliphatic heterocycles. The van der Waals surface area contributed by atoms with Crippen LogP contribution in [0.5, 0.6) is 5.75 Å². The predicted molar refractivity (Wildman–Crippen MR) is 138 cm³/mol. The van der Waals surface area contributed by atoms with Crippen LogP contribution in [0.15, 0.2) is 58.4 Å². The maximum atomic E-state index is 12.2. The number of esters is 1. The van der Waals surface area contributed by atoms with Crippen LogP contribution in [-0.2, 0) is 23.8 Å². The van der Waals surface area contributed by atoms with E-state index in [0.717, 1.165) is 15.6 Å². The van der Waals surface area contributed by atoms with Crippen LogP contribution in [0.3, 0.4) is 0 Å². The van der Waals surface area contributed by atoms with Crippen LogP contribution in [0.25, 0.3) is 0 Å². The molecule has 0 saturated heterocycles. The number of nitrogens with one attached hydrogen (secondary N) is 1. The Morgan fingerprint density at radius 2 is 1.91 bits per heavy atom. The number of benzene rings is 2. The zero-order valence-corrected chi connectivity index (χ0v) is 21.9. The number of allylic oxidation sites excluding steroid dienone is 1. The molecule has 9 heteroatoms. The van der Waals surface area contributed by atoms with E-state index < -0.39 is 32.2 Å². The Kier molecular flexibility index (Phi) is 9.76. The molecular weight excluding hydrogens is 573 g/mol. The second-order valence-electron chi connectivity index (χ2n) is 7.44. The molecule has 0 unspecified atom stereocenters. The van der Waals surface area contributed by atoms with Crippen molar-refractivity contribution in [3.8, 4) is 5.75 Å². The number of halogens is 2. The van der Waals surface area contributed by atoms with E-state index in [1.807, 2.05) is 34.4 Å². The van der Waals surface area contributed by atoms with Crippen LogP contribution in [0.2, 0.25) is 0 Å². The van der Waals surface area contributed by atoms with Gasteiger partial charge in [0.1, 0.15) is 0 Å². The van der Waals surface area contributed by atoms with E-state index in [-0.39, 0.29) is 18.5 Å². The van der Waals surface area contributed by atoms with Crippen molar-refractivity contribution in [2.45, 2.75) is 39.2 Å². The third-order valence-corrected chi connectivity index (χ3v) is 9.27. The van der Waals surface area contributed by atoms with Crippen molar-refractivity contribution in [2.24, 2.45) is 0 Å². The van der Waals surface area contributed by atoms with Crippen LogP contribution in [0.1, 0.15) is 42.6 Å². The van der Waals surface area contributed by atoms with Crippen molar-refractivity contribution in [3.63, 3.8) is 0 Å². The summed E-state index contributed by atoms with van der Waals surface area (Å²) in [5, 5.41) is 2.63. The van der Waals surface area contributed by atoms with Gasteiger partial charge in [-0.15, -0.1) is 0 Å². The van der Waals surface area contributed by atoms with E-state index in [2.05, 4.69) is 5.32 Å². The summed E-state index contributed by atoms with van der Waals surface area (Å²) >= 11 is 3.58. The molecule has 0 fully saturated rings. The van der Waals surface area contributed by atoms with Crippen molar-refractivity contribution < 1.29 is 26.9 Å². The number of fused-ring (bicyclic) bond motifs is 1. The minimum atomic E-state index is -2.32. The topological polar surface area (TPSA) is 90.9 Å². The van der Waals surface area contributed by atoms with Gasteiger partial charge in [0, 0.05) is 0 Å². The average Bonchev–Trinajstić information content (AvgIpc) is 3.13. The van der Waals surface area contributed by atoms with Crippen LogP contribution in [0, 0.1) is 3.57 Å². The second-order valence-corrected chi connectivity index (χ2v) is 11.6. The van der Waals surface area contributed by atoms with Crippen LogP contribution >= 0.6 is 31.8 Å². The summed E-state index contributed by atoms with van der Waals surface area (Å²) in [5.41, 5.74) is 1.47. The summed E-state index contributed by atoms with van der Waals surface area (Å²) in [4.78, 5) is 35.8. The van der Waals surface area contributed by atoms with Gasteiger partial charge in [-0.2, -0.15) is 0 Å². The molecular formula is C25H27ClINO6. The van der Waals surface area contributed by atoms with Gasteiger partial charge in [0.15, 0.2) is 0 Å². The van der Waals surface area contributed by atoms with E-state index in [4.69, 9.17) is 24.1 Å². The van der Waals surface area contributed by atoms with E-state index in [1.54, 1.807) is 25.1 Å². The van der Waals surface area contributed by atoms with Gasteiger partial charge in [-0.3, -0.25) is 0 Å². The van der Waals surface area contributed by atoms with Gasteiger partial charge in [-0.05, 0) is 6.92 Å². The molecule has 34 heavy (non-hydrogen) atoms. The molecule has 0 radical (unpaired) electrons. The molecule has 0 saturated carbocycles. The van der Waals surface area contributed by atoms with Crippen molar-refractivity contribution >= 4 is 49.7 Å². The molecule has 1 atom stereocenters. The first kappa shape index (κ1) is 26.0. The summed E-state index contributed by atoms with van der Waals surface area (Å²) in [6, 6.07) is 14.0. The van der Waals surface area contributed by atoms with E-state index in [9.17, 15) is 14.4 Å². The molecule has 1 N–H and O–H groups in total. The number of hydrogen-bond acceptors (Lipinski definition) is 6. The molecule has 182 valence electrons. The standard InChI is InChI=1S/C25H27ClINO6/c1-3-32-25(31)23(28-17(2)29)15-18-10-12-19(13-11-18)33-20(7-6-14-26)16-27-22-9-5-4-8-21(22)24(30)34-27/h4-5,8-13,16,23H,3,6-7,14-15H2,1-2H3,(H,28,29)/b20-16-/t23-/m0/s1. The third-order valence-electron chi connectivity index (χ3n) is 4.79. The third kappa shape index (κ3) is 7.20. The summed E-state index contributed by atoms with van der Waals surface area (Å²) in [6.45, 7) is 3.32. The molecule has 2 aromatic rings. The van der Waals surface area contributed by atoms with Gasteiger partial charge in [0.2, 0.25) is 0 Å². The zero-order chi connectivity index (χ0) is 24.5. The summed E-state index contributed by atoms with van der Waals surface area (Å²) in [5.74, 6) is 0.765. The Labute approximate surface area is 211 Å². The molecule has 0 aromatic heterocycles. The van der Waals surface area contributed by atoms with Gasteiger partial charge < -0.3 is 0 Å². The second kappa shape index (κ2) is 12.8. The number of rotatable bonds is 11. The number of hydrogen-bond donors (Lipinski definition) is 1. The first-order valence-corrected chi connectivity index (χ1v) is 14.6. The first-order valence-electron chi connectivity index (χ1n) is 10.9. The Hall–Kier alpha value is -2.59. The van der Waals surface area contributed by atoms with Gasteiger partial charge in [0.25, 0.3) is 0 Å². The Balaban J connectivity index is 1.73. The van der Waals surface area contributed by atoms with Gasteiger partial charge in [-0.25, -0.2) is 0 Å². The Morgan fingerprint density at radius 3 is 2.59 bits per heavy atom. The fourth-order valence-electron chi connectivity index (χ4n) is 3.27. The molecule has 1 amide bonds. The molecule has 0 aliphatic carbocycles. The fourth-order valence-corrected chi connectivity index (χ4v) is 7.38. The first-order chi connectivity index (χ1) is 16.4. The van der Waals surface area contributed by atoms with Crippen LogP contribution in [0.4, 0.5) is 0 Å². The van der Waals surface area contributed by atoms with Crippen molar-refractivity contribution in [2.75, 3.05) is 12.5 Å². The number of alkyl halides is 1. The average molecular weight is 600 g/mol. The van der Waals surface area contributed by atoms with Crippen molar-refractivity contribution in [1.29, 1.82) is 0 Å². The van der Waals surface area contributed by atoms with Gasteiger partial charge >= 0.3 is 205 Å². The van der Waals surface area contributed by atoms with E-state index in [0.29, 0.717) is 35.8 Å². The van der Waals surface area contributed by atoms with Crippen molar-refractivity contribution in [1.82, 2.24) is 5.32 Å². The number of amides is 1. The van der Waals surface area contributed by atoms with Crippen molar-refractivity contribution in [3.05, 3.63) is 73.1 Å². The zero-order valence-electron chi connectivity index (χ0n) is 19.0. The molecule has 1 aliphatic rings. The maximum absolute atomic E-state index is 12.2. The van der Waals surface area contributed by atoms with Crippen LogP contribution in [-0.4, -0.2) is 36.4 Å². The number of carbonyl (C=O) groups excluding carboxylic acids is 3. The molecule has 1 heterocycles. The Morgan fingerprint density at radius 1 is 1.18 bits per heavy atom. The number of carbonyl (C=O) groups is 3. The van der Waals surface area contributed by atoms with E-state index >= 15 is 0 Å². The minimum absolute atomic E-state index is 0.240. The molecule has 0 bridgehead atoms. The Bertz CT molecular complexity index is 1060. The fraction of sp³-hybridized carbons (Fsp3) is 0.320. The monoisotopic (exact) mass is 599 g/mol. The SMILES string of the molecule is CCOC(=O)[C@H](Cc1ccc(O/C(=C\I2OC(=O)c3ccccc32)CCCCl)cc1)NC(C)=O. The van der Waals surface area contributed by atoms with Crippen LogP contribution < -0.4 is 10.1 Å². The van der Waals surface area contributed by atoms with Gasteiger partial charge in [0.05, 0.1) is 0 Å². The summed E-state index contributed by atoms with van der Waals surface area (Å²) in [6.07, 6.45) is 1.64. The van der Waals surface area contributed by atoms with E-state index in [1.165, 1.54) is 6.92 Å².